The lowest BCUT2D eigenvalue weighted by Gasteiger charge is -2.19. The number of aliphatic imine (C=N–C) groups is 1. The Labute approximate surface area is 158 Å². The summed E-state index contributed by atoms with van der Waals surface area (Å²) in [6, 6.07) is 16.8. The molecule has 0 saturated carbocycles. The van der Waals surface area contributed by atoms with Crippen LogP contribution in [-0.4, -0.2) is 16.2 Å². The van der Waals surface area contributed by atoms with Gasteiger partial charge in [-0.25, -0.2) is 9.79 Å². The number of rotatable bonds is 4. The second-order valence-corrected chi connectivity index (χ2v) is 7.10. The molecule has 2 N–H and O–H groups in total. The van der Waals surface area contributed by atoms with Crippen molar-refractivity contribution in [1.82, 2.24) is 5.32 Å². The molecule has 6 heteroatoms. The Morgan fingerprint density at radius 3 is 2.68 bits per heavy atom. The van der Waals surface area contributed by atoms with Crippen LogP contribution in [0.5, 0.6) is 0 Å². The van der Waals surface area contributed by atoms with E-state index in [2.05, 4.69) is 32.8 Å². The number of aromatic carboxylic acids is 1. The zero-order valence-corrected chi connectivity index (χ0v) is 15.6. The maximum atomic E-state index is 11.1. The van der Waals surface area contributed by atoms with E-state index in [4.69, 9.17) is 5.11 Å². The van der Waals surface area contributed by atoms with Crippen LogP contribution in [0, 0.1) is 0 Å². The van der Waals surface area contributed by atoms with E-state index >= 15 is 0 Å². The third-order valence-corrected chi connectivity index (χ3v) is 5.34. The van der Waals surface area contributed by atoms with Gasteiger partial charge in [0.15, 0.2) is 5.17 Å². The Hall–Kier alpha value is -2.31. The minimum absolute atomic E-state index is 0.286. The zero-order valence-electron chi connectivity index (χ0n) is 13.2. The van der Waals surface area contributed by atoms with Crippen molar-refractivity contribution >= 4 is 44.5 Å². The van der Waals surface area contributed by atoms with Gasteiger partial charge in [0, 0.05) is 17.0 Å². The number of allylic oxidation sites excluding steroid dienone is 1. The summed E-state index contributed by atoms with van der Waals surface area (Å²) in [6.45, 7) is 4.03. The van der Waals surface area contributed by atoms with Crippen molar-refractivity contribution in [2.24, 2.45) is 4.99 Å². The molecule has 126 valence electrons. The van der Waals surface area contributed by atoms with E-state index in [1.54, 1.807) is 18.2 Å². The SMILES string of the molecule is C=C1NC(SCc2cccc(C(=O)O)c2)=NC(c2ccccc2)=C1Br. The topological polar surface area (TPSA) is 61.7 Å². The van der Waals surface area contributed by atoms with Gasteiger partial charge in [0.25, 0.3) is 0 Å². The monoisotopic (exact) mass is 414 g/mol. The second-order valence-electron chi connectivity index (χ2n) is 5.34. The van der Waals surface area contributed by atoms with Gasteiger partial charge in [0.1, 0.15) is 0 Å². The molecule has 0 bridgehead atoms. The fourth-order valence-electron chi connectivity index (χ4n) is 2.31. The van der Waals surface area contributed by atoms with Gasteiger partial charge in [-0.1, -0.05) is 60.8 Å². The van der Waals surface area contributed by atoms with E-state index in [1.165, 1.54) is 11.8 Å². The highest BCUT2D eigenvalue weighted by molar-refractivity contribution is 9.12. The third-order valence-electron chi connectivity index (χ3n) is 3.54. The van der Waals surface area contributed by atoms with Gasteiger partial charge in [-0.3, -0.25) is 0 Å². The molecule has 1 aliphatic heterocycles. The van der Waals surface area contributed by atoms with E-state index in [-0.39, 0.29) is 5.56 Å². The van der Waals surface area contributed by atoms with Crippen LogP contribution in [-0.2, 0) is 5.75 Å². The molecule has 0 amide bonds. The van der Waals surface area contributed by atoms with Crippen molar-refractivity contribution in [3.8, 4) is 0 Å². The molecule has 1 aliphatic rings. The number of hydrogen-bond acceptors (Lipinski definition) is 4. The first-order valence-corrected chi connectivity index (χ1v) is 9.27. The summed E-state index contributed by atoms with van der Waals surface area (Å²) in [7, 11) is 0. The van der Waals surface area contributed by atoms with Crippen LogP contribution in [0.1, 0.15) is 21.5 Å². The second kappa shape index (κ2) is 7.72. The van der Waals surface area contributed by atoms with Crippen molar-refractivity contribution in [1.29, 1.82) is 0 Å². The maximum absolute atomic E-state index is 11.1. The van der Waals surface area contributed by atoms with Crippen LogP contribution in [0.3, 0.4) is 0 Å². The summed E-state index contributed by atoms with van der Waals surface area (Å²) in [5.41, 5.74) is 3.79. The Bertz CT molecular complexity index is 891. The number of halogens is 1. The van der Waals surface area contributed by atoms with Crippen LogP contribution in [0.2, 0.25) is 0 Å². The normalized spacial score (nSPS) is 14.1. The first-order chi connectivity index (χ1) is 12.0. The fourth-order valence-corrected chi connectivity index (χ4v) is 3.56. The number of nitrogens with zero attached hydrogens (tertiary/aromatic N) is 1. The molecule has 0 aliphatic carbocycles. The van der Waals surface area contributed by atoms with Crippen molar-refractivity contribution in [2.75, 3.05) is 0 Å². The number of hydrogen-bond donors (Lipinski definition) is 2. The van der Waals surface area contributed by atoms with E-state index in [0.29, 0.717) is 5.75 Å². The van der Waals surface area contributed by atoms with Crippen LogP contribution in [0.15, 0.2) is 76.3 Å². The molecular weight excluding hydrogens is 400 g/mol. The molecule has 0 unspecified atom stereocenters. The quantitative estimate of drug-likeness (QED) is 0.749. The van der Waals surface area contributed by atoms with E-state index in [1.807, 2.05) is 36.4 Å². The Morgan fingerprint density at radius 2 is 1.96 bits per heavy atom. The van der Waals surface area contributed by atoms with Gasteiger partial charge in [0.05, 0.1) is 15.7 Å². The standard InChI is InChI=1S/C19H15BrN2O2S/c1-12-16(20)17(14-7-3-2-4-8-14)22-19(21-12)25-11-13-6-5-9-15(10-13)18(23)24/h2-10H,1,11H2,(H,21,22)(H,23,24). The fraction of sp³-hybridized carbons (Fsp3) is 0.0526. The zero-order chi connectivity index (χ0) is 17.8. The van der Waals surface area contributed by atoms with Gasteiger partial charge in [-0.05, 0) is 33.6 Å². The van der Waals surface area contributed by atoms with Gasteiger partial charge in [0.2, 0.25) is 0 Å². The number of amidine groups is 1. The average molecular weight is 415 g/mol. The minimum atomic E-state index is -0.924. The Kier molecular flexibility index (Phi) is 5.40. The highest BCUT2D eigenvalue weighted by atomic mass is 79.9. The van der Waals surface area contributed by atoms with Crippen LogP contribution in [0.4, 0.5) is 0 Å². The van der Waals surface area contributed by atoms with Crippen molar-refractivity contribution in [2.45, 2.75) is 5.75 Å². The highest BCUT2D eigenvalue weighted by Gasteiger charge is 2.18. The number of thioether (sulfide) groups is 1. The lowest BCUT2D eigenvalue weighted by molar-refractivity contribution is 0.0697. The smallest absolute Gasteiger partial charge is 0.335 e. The summed E-state index contributed by atoms with van der Waals surface area (Å²) in [5.74, 6) is -0.313. The largest absolute Gasteiger partial charge is 0.478 e. The number of carboxylic acids is 1. The summed E-state index contributed by atoms with van der Waals surface area (Å²) >= 11 is 5.05. The molecule has 2 aromatic carbocycles. The van der Waals surface area contributed by atoms with Gasteiger partial charge >= 0.3 is 5.97 Å². The predicted molar refractivity (Wildman–Crippen MR) is 107 cm³/mol. The molecule has 0 spiro atoms. The highest BCUT2D eigenvalue weighted by Crippen LogP contribution is 2.32. The molecule has 1 heterocycles. The van der Waals surface area contributed by atoms with E-state index in [9.17, 15) is 4.79 Å². The van der Waals surface area contributed by atoms with Crippen molar-refractivity contribution in [3.05, 3.63) is 88.0 Å². The molecular formula is C19H15BrN2O2S. The van der Waals surface area contributed by atoms with Crippen LogP contribution < -0.4 is 5.32 Å². The van der Waals surface area contributed by atoms with Crippen molar-refractivity contribution in [3.63, 3.8) is 0 Å². The Balaban J connectivity index is 1.80. The first kappa shape index (κ1) is 17.5. The third kappa shape index (κ3) is 4.21. The summed E-state index contributed by atoms with van der Waals surface area (Å²) in [5, 5.41) is 13.0. The molecule has 0 atom stereocenters. The van der Waals surface area contributed by atoms with Gasteiger partial charge in [-0.2, -0.15) is 0 Å². The average Bonchev–Trinajstić information content (AvgIpc) is 2.63. The molecule has 0 radical (unpaired) electrons. The predicted octanol–water partition coefficient (Wildman–Crippen LogP) is 4.85. The molecule has 3 rings (SSSR count). The molecule has 25 heavy (non-hydrogen) atoms. The summed E-state index contributed by atoms with van der Waals surface area (Å²) in [6.07, 6.45) is 0. The maximum Gasteiger partial charge on any atom is 0.335 e. The van der Waals surface area contributed by atoms with E-state index in [0.717, 1.165) is 32.2 Å². The minimum Gasteiger partial charge on any atom is -0.478 e. The lowest BCUT2D eigenvalue weighted by Crippen LogP contribution is -2.23. The molecule has 2 aromatic rings. The number of benzene rings is 2. The lowest BCUT2D eigenvalue weighted by atomic mass is 10.1. The summed E-state index contributed by atoms with van der Waals surface area (Å²) < 4.78 is 0.830. The van der Waals surface area contributed by atoms with Crippen LogP contribution >= 0.6 is 27.7 Å². The Morgan fingerprint density at radius 1 is 1.20 bits per heavy atom. The van der Waals surface area contributed by atoms with E-state index < -0.39 is 5.97 Å². The number of nitrogens with one attached hydrogen (secondary N) is 1. The molecule has 0 fully saturated rings. The van der Waals surface area contributed by atoms with Crippen LogP contribution in [0.25, 0.3) is 5.70 Å². The van der Waals surface area contributed by atoms with Gasteiger partial charge < -0.3 is 10.4 Å². The molecule has 0 aromatic heterocycles. The van der Waals surface area contributed by atoms with Crippen molar-refractivity contribution < 1.29 is 9.90 Å². The molecule has 4 nitrogen and oxygen atoms in total. The summed E-state index contributed by atoms with van der Waals surface area (Å²) in [4.78, 5) is 15.8. The first-order valence-electron chi connectivity index (χ1n) is 7.50. The number of carbonyl (C=O) groups is 1. The number of carboxylic acid groups (broad SMARTS) is 1. The van der Waals surface area contributed by atoms with Gasteiger partial charge in [-0.15, -0.1) is 0 Å². The molecule has 0 saturated heterocycles.